The van der Waals surface area contributed by atoms with Crippen molar-refractivity contribution >= 4 is 11.7 Å². The van der Waals surface area contributed by atoms with Crippen LogP contribution in [-0.2, 0) is 17.8 Å². The summed E-state index contributed by atoms with van der Waals surface area (Å²) in [7, 11) is 0. The molecule has 2 atom stereocenters. The summed E-state index contributed by atoms with van der Waals surface area (Å²) in [5, 5.41) is 10.1. The van der Waals surface area contributed by atoms with Crippen molar-refractivity contribution in [1.29, 1.82) is 5.26 Å². The molecule has 2 aromatic heterocycles. The van der Waals surface area contributed by atoms with E-state index in [1.165, 1.54) is 6.26 Å². The van der Waals surface area contributed by atoms with Crippen molar-refractivity contribution < 1.29 is 13.9 Å². The Morgan fingerprint density at radius 1 is 1.09 bits per heavy atom. The number of anilines is 1. The first kappa shape index (κ1) is 21.2. The third-order valence-electron chi connectivity index (χ3n) is 6.48. The SMILES string of the molecule is C[C@@H]1CN(c2nc(-c3ccccc3)c3c(c2C#N)CCOC3)C[C@H](C)N1C(=O)c1ccco1. The lowest BCUT2D eigenvalue weighted by Gasteiger charge is -2.45. The maximum absolute atomic E-state index is 13.0. The summed E-state index contributed by atoms with van der Waals surface area (Å²) in [6, 6.07) is 15.8. The summed E-state index contributed by atoms with van der Waals surface area (Å²) in [5.74, 6) is 0.930. The Labute approximate surface area is 193 Å². The molecule has 1 saturated heterocycles. The number of aromatic nitrogens is 1. The normalized spacial score (nSPS) is 20.3. The van der Waals surface area contributed by atoms with Gasteiger partial charge in [-0.25, -0.2) is 4.98 Å². The molecular weight excluding hydrogens is 416 g/mol. The highest BCUT2D eigenvalue weighted by atomic mass is 16.5. The molecule has 4 heterocycles. The van der Waals surface area contributed by atoms with Gasteiger partial charge in [0.05, 0.1) is 30.7 Å². The smallest absolute Gasteiger partial charge is 0.290 e. The molecule has 2 aliphatic rings. The van der Waals surface area contributed by atoms with E-state index in [0.717, 1.165) is 22.4 Å². The van der Waals surface area contributed by atoms with Crippen molar-refractivity contribution in [2.45, 2.75) is 39.0 Å². The van der Waals surface area contributed by atoms with Crippen molar-refractivity contribution in [3.8, 4) is 17.3 Å². The van der Waals surface area contributed by atoms with E-state index >= 15 is 0 Å². The monoisotopic (exact) mass is 442 g/mol. The van der Waals surface area contributed by atoms with Gasteiger partial charge in [0.25, 0.3) is 5.91 Å². The zero-order valence-electron chi connectivity index (χ0n) is 18.8. The molecule has 2 aliphatic heterocycles. The molecule has 3 aromatic rings. The second kappa shape index (κ2) is 8.72. The number of piperazine rings is 1. The average Bonchev–Trinajstić information content (AvgIpc) is 3.38. The Bertz CT molecular complexity index is 1190. The predicted molar refractivity (Wildman–Crippen MR) is 124 cm³/mol. The second-order valence-corrected chi connectivity index (χ2v) is 8.69. The van der Waals surface area contributed by atoms with Gasteiger partial charge >= 0.3 is 0 Å². The van der Waals surface area contributed by atoms with Crippen LogP contribution in [0.1, 0.15) is 41.1 Å². The number of rotatable bonds is 3. The van der Waals surface area contributed by atoms with Crippen LogP contribution in [0.5, 0.6) is 0 Å². The van der Waals surface area contributed by atoms with Gasteiger partial charge in [-0.2, -0.15) is 5.26 Å². The molecule has 168 valence electrons. The number of furan rings is 1. The maximum Gasteiger partial charge on any atom is 0.290 e. The summed E-state index contributed by atoms with van der Waals surface area (Å²) in [5.41, 5.74) is 4.53. The highest BCUT2D eigenvalue weighted by Crippen LogP contribution is 2.36. The van der Waals surface area contributed by atoms with Gasteiger partial charge in [-0.3, -0.25) is 4.79 Å². The Kier molecular flexibility index (Phi) is 5.61. The number of fused-ring (bicyclic) bond motifs is 1. The van der Waals surface area contributed by atoms with E-state index in [4.69, 9.17) is 14.1 Å². The summed E-state index contributed by atoms with van der Waals surface area (Å²) in [4.78, 5) is 22.1. The second-order valence-electron chi connectivity index (χ2n) is 8.69. The molecule has 0 saturated carbocycles. The number of nitrogens with zero attached hydrogens (tertiary/aromatic N) is 4. The molecular formula is C26H26N4O3. The van der Waals surface area contributed by atoms with E-state index in [1.54, 1.807) is 12.1 Å². The molecule has 0 bridgehead atoms. The number of benzene rings is 1. The van der Waals surface area contributed by atoms with E-state index in [1.807, 2.05) is 49.1 Å². The van der Waals surface area contributed by atoms with Gasteiger partial charge in [-0.15, -0.1) is 0 Å². The summed E-state index contributed by atoms with van der Waals surface area (Å²) in [6.45, 7) is 6.28. The van der Waals surface area contributed by atoms with E-state index in [9.17, 15) is 10.1 Å². The van der Waals surface area contributed by atoms with E-state index in [0.29, 0.717) is 49.9 Å². The van der Waals surface area contributed by atoms with Crippen LogP contribution in [0.4, 0.5) is 5.82 Å². The fourth-order valence-corrected chi connectivity index (χ4v) is 5.04. The number of amides is 1. The fourth-order valence-electron chi connectivity index (χ4n) is 5.04. The van der Waals surface area contributed by atoms with Crippen molar-refractivity contribution in [3.05, 3.63) is 71.2 Å². The fraction of sp³-hybridized carbons (Fsp3) is 0.346. The van der Waals surface area contributed by atoms with Crippen LogP contribution < -0.4 is 4.90 Å². The molecule has 1 amide bonds. The molecule has 1 aromatic carbocycles. The van der Waals surface area contributed by atoms with Gasteiger partial charge in [0.15, 0.2) is 5.76 Å². The van der Waals surface area contributed by atoms with Crippen molar-refractivity contribution in [2.24, 2.45) is 0 Å². The van der Waals surface area contributed by atoms with Crippen LogP contribution in [0.3, 0.4) is 0 Å². The number of ether oxygens (including phenoxy) is 1. The topological polar surface area (TPSA) is 82.6 Å². The third kappa shape index (κ3) is 3.77. The van der Waals surface area contributed by atoms with Crippen molar-refractivity contribution in [3.63, 3.8) is 0 Å². The number of carbonyl (C=O) groups excluding carboxylic acids is 1. The highest BCUT2D eigenvalue weighted by Gasteiger charge is 2.36. The van der Waals surface area contributed by atoms with Gasteiger partial charge < -0.3 is 19.0 Å². The standard InChI is InChI=1S/C26H26N4O3/c1-17-14-29(15-18(2)30(17)26(31)23-9-6-11-33-23)25-21(13-27)20-10-12-32-16-22(20)24(28-25)19-7-4-3-5-8-19/h3-9,11,17-18H,10,12,14-16H2,1-2H3/t17-,18+. The molecule has 33 heavy (non-hydrogen) atoms. The Hall–Kier alpha value is -3.63. The first-order valence-corrected chi connectivity index (χ1v) is 11.3. The van der Waals surface area contributed by atoms with E-state index in [-0.39, 0.29) is 18.0 Å². The molecule has 0 spiro atoms. The Morgan fingerprint density at radius 3 is 2.52 bits per heavy atom. The van der Waals surface area contributed by atoms with Gasteiger partial charge in [0, 0.05) is 36.3 Å². The minimum absolute atomic E-state index is 0.0702. The van der Waals surface area contributed by atoms with Gasteiger partial charge in [-0.1, -0.05) is 30.3 Å². The number of carbonyl (C=O) groups is 1. The number of hydrogen-bond donors (Lipinski definition) is 0. The first-order valence-electron chi connectivity index (χ1n) is 11.3. The molecule has 0 aliphatic carbocycles. The Balaban J connectivity index is 1.54. The summed E-state index contributed by atoms with van der Waals surface area (Å²) >= 11 is 0. The average molecular weight is 443 g/mol. The Morgan fingerprint density at radius 2 is 1.85 bits per heavy atom. The third-order valence-corrected chi connectivity index (χ3v) is 6.48. The lowest BCUT2D eigenvalue weighted by molar-refractivity contribution is 0.0541. The molecule has 1 fully saturated rings. The van der Waals surface area contributed by atoms with Gasteiger partial charge in [-0.05, 0) is 38.0 Å². The van der Waals surface area contributed by atoms with Crippen LogP contribution >= 0.6 is 0 Å². The lowest BCUT2D eigenvalue weighted by Crippen LogP contribution is -2.59. The molecule has 0 unspecified atom stereocenters. The summed E-state index contributed by atoms with van der Waals surface area (Å²) < 4.78 is 11.1. The quantitative estimate of drug-likeness (QED) is 0.609. The molecule has 5 rings (SSSR count). The summed E-state index contributed by atoms with van der Waals surface area (Å²) in [6.07, 6.45) is 2.21. The molecule has 7 nitrogen and oxygen atoms in total. The predicted octanol–water partition coefficient (Wildman–Crippen LogP) is 4.03. The van der Waals surface area contributed by atoms with Crippen molar-refractivity contribution in [2.75, 3.05) is 24.6 Å². The maximum atomic E-state index is 13.0. The largest absolute Gasteiger partial charge is 0.459 e. The first-order chi connectivity index (χ1) is 16.1. The molecule has 0 radical (unpaired) electrons. The van der Waals surface area contributed by atoms with Gasteiger partial charge in [0.1, 0.15) is 11.9 Å². The zero-order valence-corrected chi connectivity index (χ0v) is 18.8. The number of pyridine rings is 1. The minimum Gasteiger partial charge on any atom is -0.459 e. The zero-order chi connectivity index (χ0) is 22.9. The molecule has 7 heteroatoms. The van der Waals surface area contributed by atoms with Crippen LogP contribution in [-0.4, -0.2) is 47.6 Å². The lowest BCUT2D eigenvalue weighted by atomic mass is 9.93. The van der Waals surface area contributed by atoms with Gasteiger partial charge in [0.2, 0.25) is 0 Å². The highest BCUT2D eigenvalue weighted by molar-refractivity contribution is 5.92. The van der Waals surface area contributed by atoms with Crippen LogP contribution in [0.25, 0.3) is 11.3 Å². The van der Waals surface area contributed by atoms with Crippen molar-refractivity contribution in [1.82, 2.24) is 9.88 Å². The molecule has 0 N–H and O–H groups in total. The van der Waals surface area contributed by atoms with E-state index in [2.05, 4.69) is 11.0 Å². The van der Waals surface area contributed by atoms with Crippen LogP contribution in [0.2, 0.25) is 0 Å². The van der Waals surface area contributed by atoms with Crippen LogP contribution in [0, 0.1) is 11.3 Å². The van der Waals surface area contributed by atoms with Crippen LogP contribution in [0.15, 0.2) is 53.1 Å². The van der Waals surface area contributed by atoms with E-state index < -0.39 is 0 Å². The number of nitriles is 1. The number of hydrogen-bond acceptors (Lipinski definition) is 6. The minimum atomic E-state index is -0.110.